The number of rotatable bonds is 4. The summed E-state index contributed by atoms with van der Waals surface area (Å²) in [4.78, 5) is 19.9. The molecule has 0 spiro atoms. The van der Waals surface area contributed by atoms with Crippen LogP contribution >= 0.6 is 0 Å². The molecule has 0 aliphatic carbocycles. The minimum atomic E-state index is -0.278. The molecule has 5 aromatic rings. The van der Waals surface area contributed by atoms with E-state index in [1.807, 2.05) is 85.9 Å². The summed E-state index contributed by atoms with van der Waals surface area (Å²) in [6.07, 6.45) is 3.59. The summed E-state index contributed by atoms with van der Waals surface area (Å²) in [7, 11) is 0. The van der Waals surface area contributed by atoms with E-state index >= 15 is 0 Å². The van der Waals surface area contributed by atoms with Crippen LogP contribution in [0.1, 0.15) is 17.0 Å². The van der Waals surface area contributed by atoms with Gasteiger partial charge in [0.05, 0.1) is 27.9 Å². The van der Waals surface area contributed by atoms with Gasteiger partial charge in [-0.25, -0.2) is 9.67 Å². The highest BCUT2D eigenvalue weighted by Gasteiger charge is 2.14. The van der Waals surface area contributed by atoms with Crippen LogP contribution in [0, 0.1) is 18.3 Å². The average Bonchev–Trinajstić information content (AvgIpc) is 3.27. The standard InChI is InChI=1S/C27H19N5O/c1-18-12-13-23-24(14-18)29-26(30-27(23)33)20(16-28)15-21-17-32(22-10-6-3-7-11-22)31-25(21)19-8-4-2-5-9-19/h2-15,17H,1H3,(H,29,30,33)/b20-15+. The Labute approximate surface area is 190 Å². The summed E-state index contributed by atoms with van der Waals surface area (Å²) in [5, 5.41) is 15.2. The first-order valence-corrected chi connectivity index (χ1v) is 10.5. The summed E-state index contributed by atoms with van der Waals surface area (Å²) < 4.78 is 1.78. The largest absolute Gasteiger partial charge is 0.305 e. The zero-order valence-corrected chi connectivity index (χ0v) is 17.9. The molecule has 0 saturated heterocycles. The molecule has 6 nitrogen and oxygen atoms in total. The monoisotopic (exact) mass is 429 g/mol. The number of aromatic amines is 1. The first kappa shape index (κ1) is 20.2. The number of nitrogens with zero attached hydrogens (tertiary/aromatic N) is 4. The van der Waals surface area contributed by atoms with E-state index in [4.69, 9.17) is 5.10 Å². The van der Waals surface area contributed by atoms with E-state index in [1.54, 1.807) is 16.8 Å². The molecule has 0 bridgehead atoms. The van der Waals surface area contributed by atoms with Gasteiger partial charge in [0.25, 0.3) is 5.56 Å². The molecule has 0 unspecified atom stereocenters. The van der Waals surface area contributed by atoms with Crippen LogP contribution in [0.3, 0.4) is 0 Å². The van der Waals surface area contributed by atoms with Gasteiger partial charge in [-0.05, 0) is 42.8 Å². The molecule has 5 rings (SSSR count). The number of aryl methyl sites for hydroxylation is 1. The van der Waals surface area contributed by atoms with E-state index < -0.39 is 0 Å². The van der Waals surface area contributed by atoms with Crippen LogP contribution in [0.5, 0.6) is 0 Å². The summed E-state index contributed by atoms with van der Waals surface area (Å²) in [5.74, 6) is 0.229. The Balaban J connectivity index is 1.69. The topological polar surface area (TPSA) is 87.4 Å². The van der Waals surface area contributed by atoms with Crippen molar-refractivity contribution in [2.45, 2.75) is 6.92 Å². The molecule has 158 valence electrons. The Morgan fingerprint density at radius 2 is 1.76 bits per heavy atom. The molecule has 0 saturated carbocycles. The lowest BCUT2D eigenvalue weighted by molar-refractivity contribution is 0.884. The predicted octanol–water partition coefficient (Wildman–Crippen LogP) is 5.15. The third-order valence-electron chi connectivity index (χ3n) is 5.35. The molecular weight excluding hydrogens is 410 g/mol. The van der Waals surface area contributed by atoms with Crippen LogP contribution in [-0.2, 0) is 0 Å². The van der Waals surface area contributed by atoms with Crippen LogP contribution in [-0.4, -0.2) is 19.7 Å². The quantitative estimate of drug-likeness (QED) is 0.400. The van der Waals surface area contributed by atoms with Gasteiger partial charge in [0.1, 0.15) is 6.07 Å². The van der Waals surface area contributed by atoms with Crippen molar-refractivity contribution in [3.8, 4) is 23.0 Å². The van der Waals surface area contributed by atoms with Crippen molar-refractivity contribution >= 4 is 22.6 Å². The Morgan fingerprint density at radius 1 is 1.03 bits per heavy atom. The Kier molecular flexibility index (Phi) is 5.13. The molecule has 2 aromatic heterocycles. The molecular formula is C27H19N5O. The summed E-state index contributed by atoms with van der Waals surface area (Å²) in [5.41, 5.74) is 4.81. The number of nitriles is 1. The molecule has 6 heteroatoms. The maximum atomic E-state index is 12.6. The number of allylic oxidation sites excluding steroid dienone is 1. The Hall–Kier alpha value is -4.76. The van der Waals surface area contributed by atoms with Gasteiger partial charge in [0.15, 0.2) is 5.82 Å². The van der Waals surface area contributed by atoms with E-state index in [-0.39, 0.29) is 17.0 Å². The fourth-order valence-electron chi connectivity index (χ4n) is 3.71. The first-order chi connectivity index (χ1) is 16.1. The van der Waals surface area contributed by atoms with Crippen LogP contribution in [0.25, 0.3) is 39.5 Å². The van der Waals surface area contributed by atoms with Gasteiger partial charge in [-0.1, -0.05) is 54.6 Å². The van der Waals surface area contributed by atoms with Crippen LogP contribution < -0.4 is 5.56 Å². The maximum Gasteiger partial charge on any atom is 0.259 e. The first-order valence-electron chi connectivity index (χ1n) is 10.5. The fourth-order valence-corrected chi connectivity index (χ4v) is 3.71. The number of aromatic nitrogens is 4. The van der Waals surface area contributed by atoms with E-state index in [9.17, 15) is 10.1 Å². The van der Waals surface area contributed by atoms with Crippen molar-refractivity contribution in [2.24, 2.45) is 0 Å². The Morgan fingerprint density at radius 3 is 2.48 bits per heavy atom. The van der Waals surface area contributed by atoms with Crippen LogP contribution in [0.2, 0.25) is 0 Å². The van der Waals surface area contributed by atoms with Crippen molar-refractivity contribution < 1.29 is 0 Å². The van der Waals surface area contributed by atoms with Gasteiger partial charge in [-0.2, -0.15) is 10.4 Å². The number of benzene rings is 3. The molecule has 0 aliphatic rings. The zero-order chi connectivity index (χ0) is 22.8. The molecule has 33 heavy (non-hydrogen) atoms. The van der Waals surface area contributed by atoms with Crippen molar-refractivity contribution in [3.63, 3.8) is 0 Å². The van der Waals surface area contributed by atoms with E-state index in [1.165, 1.54) is 0 Å². The summed E-state index contributed by atoms with van der Waals surface area (Å²) in [6, 6.07) is 27.2. The van der Waals surface area contributed by atoms with Gasteiger partial charge < -0.3 is 4.98 Å². The van der Waals surface area contributed by atoms with Crippen molar-refractivity contribution in [2.75, 3.05) is 0 Å². The van der Waals surface area contributed by atoms with Crippen molar-refractivity contribution in [3.05, 3.63) is 112 Å². The van der Waals surface area contributed by atoms with E-state index in [2.05, 4.69) is 16.0 Å². The van der Waals surface area contributed by atoms with Crippen LogP contribution in [0.15, 0.2) is 89.9 Å². The highest BCUT2D eigenvalue weighted by molar-refractivity contribution is 5.91. The number of H-pyrrole nitrogens is 1. The second-order valence-electron chi connectivity index (χ2n) is 7.68. The zero-order valence-electron chi connectivity index (χ0n) is 17.9. The molecule has 3 aromatic carbocycles. The van der Waals surface area contributed by atoms with E-state index in [0.29, 0.717) is 10.9 Å². The number of nitrogens with one attached hydrogen (secondary N) is 1. The van der Waals surface area contributed by atoms with Gasteiger partial charge in [-0.15, -0.1) is 0 Å². The molecule has 0 atom stereocenters. The number of fused-ring (bicyclic) bond motifs is 1. The lowest BCUT2D eigenvalue weighted by atomic mass is 10.1. The number of hydrogen-bond donors (Lipinski definition) is 1. The second kappa shape index (κ2) is 8.40. The molecule has 2 heterocycles. The molecule has 0 radical (unpaired) electrons. The van der Waals surface area contributed by atoms with Gasteiger partial charge in [0.2, 0.25) is 0 Å². The summed E-state index contributed by atoms with van der Waals surface area (Å²) >= 11 is 0. The highest BCUT2D eigenvalue weighted by Crippen LogP contribution is 2.27. The third-order valence-corrected chi connectivity index (χ3v) is 5.35. The number of para-hydroxylation sites is 1. The highest BCUT2D eigenvalue weighted by atomic mass is 16.1. The van der Waals surface area contributed by atoms with Gasteiger partial charge >= 0.3 is 0 Å². The van der Waals surface area contributed by atoms with Gasteiger partial charge in [-0.3, -0.25) is 4.79 Å². The minimum Gasteiger partial charge on any atom is -0.305 e. The lowest BCUT2D eigenvalue weighted by Gasteiger charge is -2.03. The smallest absolute Gasteiger partial charge is 0.259 e. The number of hydrogen-bond acceptors (Lipinski definition) is 4. The minimum absolute atomic E-state index is 0.229. The summed E-state index contributed by atoms with van der Waals surface area (Å²) in [6.45, 7) is 1.94. The molecule has 0 aliphatic heterocycles. The van der Waals surface area contributed by atoms with Crippen molar-refractivity contribution in [1.82, 2.24) is 19.7 Å². The molecule has 1 N–H and O–H groups in total. The second-order valence-corrected chi connectivity index (χ2v) is 7.68. The lowest BCUT2D eigenvalue weighted by Crippen LogP contribution is -2.11. The van der Waals surface area contributed by atoms with E-state index in [0.717, 1.165) is 28.1 Å². The normalized spacial score (nSPS) is 11.5. The molecule has 0 fully saturated rings. The fraction of sp³-hybridized carbons (Fsp3) is 0.0370. The molecule has 0 amide bonds. The van der Waals surface area contributed by atoms with Gasteiger partial charge in [0, 0.05) is 17.3 Å². The maximum absolute atomic E-state index is 12.6. The SMILES string of the molecule is Cc1ccc2c(=O)[nH]c(/C(C#N)=C/c3cn(-c4ccccc4)nc3-c3ccccc3)nc2c1. The predicted molar refractivity (Wildman–Crippen MR) is 130 cm³/mol. The third kappa shape index (κ3) is 3.95. The average molecular weight is 429 g/mol. The Bertz CT molecular complexity index is 1590. The van der Waals surface area contributed by atoms with Crippen LogP contribution in [0.4, 0.5) is 0 Å². The van der Waals surface area contributed by atoms with Crippen molar-refractivity contribution in [1.29, 1.82) is 5.26 Å².